The normalized spacial score (nSPS) is 25.1. The van der Waals surface area contributed by atoms with E-state index in [0.29, 0.717) is 6.61 Å². The van der Waals surface area contributed by atoms with Crippen LogP contribution in [0.4, 0.5) is 0 Å². The maximum Gasteiger partial charge on any atom is 0.322 e. The van der Waals surface area contributed by atoms with E-state index in [-0.39, 0.29) is 17.3 Å². The summed E-state index contributed by atoms with van der Waals surface area (Å²) in [5, 5.41) is 3.92. The van der Waals surface area contributed by atoms with Crippen molar-refractivity contribution in [2.24, 2.45) is 5.10 Å². The summed E-state index contributed by atoms with van der Waals surface area (Å²) in [4.78, 5) is 11.8. The zero-order valence-corrected chi connectivity index (χ0v) is 11.2. The van der Waals surface area contributed by atoms with Crippen molar-refractivity contribution in [3.8, 4) is 0 Å². The molecule has 0 aromatic carbocycles. The molecule has 1 N–H and O–H groups in total. The lowest BCUT2D eigenvalue weighted by Gasteiger charge is -2.26. The second-order valence-corrected chi connectivity index (χ2v) is 5.24. The molecule has 16 heavy (non-hydrogen) atoms. The van der Waals surface area contributed by atoms with Gasteiger partial charge in [0.1, 0.15) is 5.25 Å². The standard InChI is InChI=1S/C10H16N2O2S2/c1-4-6-7-8(9(13)14-5-2)16-10(15-3)12-11-7/h4,6-8,11H,5H2,1-3H3/b6-4+/t7-,8-/m0/s1. The summed E-state index contributed by atoms with van der Waals surface area (Å²) >= 11 is 2.98. The summed E-state index contributed by atoms with van der Waals surface area (Å²) in [7, 11) is 0. The quantitative estimate of drug-likeness (QED) is 0.620. The molecule has 1 heterocycles. The van der Waals surface area contributed by atoms with Crippen LogP contribution in [0, 0.1) is 0 Å². The Hall–Kier alpha value is -0.620. The van der Waals surface area contributed by atoms with E-state index in [0.717, 1.165) is 4.38 Å². The van der Waals surface area contributed by atoms with E-state index in [2.05, 4.69) is 10.5 Å². The van der Waals surface area contributed by atoms with Gasteiger partial charge in [-0.05, 0) is 20.1 Å². The van der Waals surface area contributed by atoms with Crippen LogP contribution < -0.4 is 5.43 Å². The van der Waals surface area contributed by atoms with Crippen molar-refractivity contribution in [1.29, 1.82) is 0 Å². The van der Waals surface area contributed by atoms with Crippen LogP contribution >= 0.6 is 23.5 Å². The van der Waals surface area contributed by atoms with Crippen molar-refractivity contribution in [3.05, 3.63) is 12.2 Å². The first-order valence-electron chi connectivity index (χ1n) is 5.06. The predicted molar refractivity (Wildman–Crippen MR) is 70.7 cm³/mol. The molecule has 0 unspecified atom stereocenters. The van der Waals surface area contributed by atoms with Gasteiger partial charge in [-0.25, -0.2) is 0 Å². The molecule has 0 aliphatic carbocycles. The van der Waals surface area contributed by atoms with Crippen molar-refractivity contribution in [2.45, 2.75) is 25.1 Å². The Kier molecular flexibility index (Phi) is 5.76. The Morgan fingerprint density at radius 1 is 1.75 bits per heavy atom. The van der Waals surface area contributed by atoms with E-state index >= 15 is 0 Å². The molecule has 0 aromatic rings. The lowest BCUT2D eigenvalue weighted by molar-refractivity contribution is -0.142. The lowest BCUT2D eigenvalue weighted by atomic mass is 10.2. The van der Waals surface area contributed by atoms with Crippen LogP contribution in [0.5, 0.6) is 0 Å². The Bertz CT molecular complexity index is 305. The monoisotopic (exact) mass is 260 g/mol. The van der Waals surface area contributed by atoms with Crippen LogP contribution in [0.15, 0.2) is 17.3 Å². The van der Waals surface area contributed by atoms with Gasteiger partial charge in [0.25, 0.3) is 0 Å². The maximum atomic E-state index is 11.8. The van der Waals surface area contributed by atoms with Gasteiger partial charge >= 0.3 is 5.97 Å². The molecule has 0 spiro atoms. The molecule has 1 rings (SSSR count). The van der Waals surface area contributed by atoms with Crippen LogP contribution in [-0.2, 0) is 9.53 Å². The summed E-state index contributed by atoms with van der Waals surface area (Å²) in [5.41, 5.74) is 2.97. The Labute approximate surface area is 104 Å². The minimum Gasteiger partial charge on any atom is -0.465 e. The van der Waals surface area contributed by atoms with Crippen LogP contribution in [0.25, 0.3) is 0 Å². The molecule has 4 nitrogen and oxygen atoms in total. The summed E-state index contributed by atoms with van der Waals surface area (Å²) in [6.45, 7) is 4.14. The highest BCUT2D eigenvalue weighted by Gasteiger charge is 2.33. The number of allylic oxidation sites excluding steroid dienone is 1. The van der Waals surface area contributed by atoms with Gasteiger partial charge in [0, 0.05) is 0 Å². The Balaban J connectivity index is 2.76. The van der Waals surface area contributed by atoms with Crippen LogP contribution in [0.3, 0.4) is 0 Å². The lowest BCUT2D eigenvalue weighted by Crippen LogP contribution is -2.43. The SMILES string of the molecule is C/C=C/[C@@H]1NN=C(SC)S[C@@H]1C(=O)OCC. The summed E-state index contributed by atoms with van der Waals surface area (Å²) in [6, 6.07) is -0.0926. The van der Waals surface area contributed by atoms with E-state index in [1.807, 2.05) is 32.3 Å². The molecule has 0 bridgehead atoms. The van der Waals surface area contributed by atoms with Gasteiger partial charge in [0.15, 0.2) is 4.38 Å². The number of hydrogen-bond donors (Lipinski definition) is 1. The molecule has 0 amide bonds. The van der Waals surface area contributed by atoms with E-state index in [9.17, 15) is 4.79 Å². The van der Waals surface area contributed by atoms with E-state index in [4.69, 9.17) is 4.74 Å². The number of hydrazone groups is 1. The third-order valence-corrected chi connectivity index (χ3v) is 4.21. The van der Waals surface area contributed by atoms with Crippen LogP contribution in [0.2, 0.25) is 0 Å². The minimum atomic E-state index is -0.254. The first-order valence-corrected chi connectivity index (χ1v) is 7.16. The van der Waals surface area contributed by atoms with Gasteiger partial charge in [-0.3, -0.25) is 10.2 Å². The second-order valence-electron chi connectivity index (χ2n) is 3.05. The van der Waals surface area contributed by atoms with E-state index in [1.54, 1.807) is 0 Å². The molecule has 0 saturated carbocycles. The minimum absolute atomic E-state index is 0.0926. The molecule has 90 valence electrons. The largest absolute Gasteiger partial charge is 0.465 e. The Morgan fingerprint density at radius 3 is 3.06 bits per heavy atom. The Morgan fingerprint density at radius 2 is 2.50 bits per heavy atom. The third-order valence-electron chi connectivity index (χ3n) is 1.95. The highest BCUT2D eigenvalue weighted by atomic mass is 32.2. The van der Waals surface area contributed by atoms with Gasteiger partial charge in [0.2, 0.25) is 0 Å². The van der Waals surface area contributed by atoms with E-state index in [1.165, 1.54) is 23.5 Å². The highest BCUT2D eigenvalue weighted by molar-refractivity contribution is 8.39. The molecular formula is C10H16N2O2S2. The number of ether oxygens (including phenoxy) is 1. The van der Waals surface area contributed by atoms with Gasteiger partial charge in [0.05, 0.1) is 12.6 Å². The number of hydrogen-bond acceptors (Lipinski definition) is 6. The van der Waals surface area contributed by atoms with Gasteiger partial charge in [-0.2, -0.15) is 5.10 Å². The molecule has 1 aliphatic rings. The fourth-order valence-electron chi connectivity index (χ4n) is 1.27. The zero-order valence-electron chi connectivity index (χ0n) is 9.60. The van der Waals surface area contributed by atoms with Crippen molar-refractivity contribution >= 4 is 33.9 Å². The van der Waals surface area contributed by atoms with Crippen molar-refractivity contribution in [2.75, 3.05) is 12.9 Å². The van der Waals surface area contributed by atoms with Crippen molar-refractivity contribution < 1.29 is 9.53 Å². The first kappa shape index (κ1) is 13.4. The third kappa shape index (κ3) is 3.45. The fraction of sp³-hybridized carbons (Fsp3) is 0.600. The molecule has 0 radical (unpaired) electrons. The average Bonchev–Trinajstić information content (AvgIpc) is 2.30. The summed E-state index contributed by atoms with van der Waals surface area (Å²) < 4.78 is 5.91. The number of carbonyl (C=O) groups excluding carboxylic acids is 1. The van der Waals surface area contributed by atoms with Crippen molar-refractivity contribution in [3.63, 3.8) is 0 Å². The summed E-state index contributed by atoms with van der Waals surface area (Å²) in [5.74, 6) is -0.190. The number of esters is 1. The van der Waals surface area contributed by atoms with Gasteiger partial charge in [-0.15, -0.1) is 11.8 Å². The van der Waals surface area contributed by atoms with E-state index < -0.39 is 0 Å². The van der Waals surface area contributed by atoms with Gasteiger partial charge < -0.3 is 4.74 Å². The molecule has 0 fully saturated rings. The molecule has 1 aliphatic heterocycles. The smallest absolute Gasteiger partial charge is 0.322 e. The average molecular weight is 260 g/mol. The fourth-order valence-corrected chi connectivity index (χ4v) is 2.89. The molecular weight excluding hydrogens is 244 g/mol. The predicted octanol–water partition coefficient (Wildman–Crippen LogP) is 1.83. The van der Waals surface area contributed by atoms with Crippen molar-refractivity contribution in [1.82, 2.24) is 5.43 Å². The zero-order chi connectivity index (χ0) is 12.0. The van der Waals surface area contributed by atoms with Gasteiger partial charge in [-0.1, -0.05) is 23.9 Å². The number of nitrogens with one attached hydrogen (secondary N) is 1. The highest BCUT2D eigenvalue weighted by Crippen LogP contribution is 2.27. The molecule has 0 aromatic heterocycles. The van der Waals surface area contributed by atoms with Crippen LogP contribution in [-0.4, -0.2) is 34.5 Å². The number of carbonyl (C=O) groups is 1. The molecule has 0 saturated heterocycles. The maximum absolute atomic E-state index is 11.8. The first-order chi connectivity index (χ1) is 7.72. The molecule has 6 heteroatoms. The number of thioether (sulfide) groups is 2. The second kappa shape index (κ2) is 6.85. The number of nitrogens with zero attached hydrogens (tertiary/aromatic N) is 1. The van der Waals surface area contributed by atoms with Crippen LogP contribution in [0.1, 0.15) is 13.8 Å². The topological polar surface area (TPSA) is 50.7 Å². The summed E-state index contributed by atoms with van der Waals surface area (Å²) in [6.07, 6.45) is 5.77. The molecule has 2 atom stereocenters. The number of rotatable bonds is 3.